The number of para-hydroxylation sites is 1. The average Bonchev–Trinajstić information content (AvgIpc) is 3.04. The van der Waals surface area contributed by atoms with Gasteiger partial charge in [-0.2, -0.15) is 0 Å². The Kier molecular flexibility index (Phi) is 5.22. The average molecular weight is 411 g/mol. The van der Waals surface area contributed by atoms with Crippen molar-refractivity contribution in [3.63, 3.8) is 0 Å². The van der Waals surface area contributed by atoms with Crippen molar-refractivity contribution in [2.24, 2.45) is 0 Å². The first kappa shape index (κ1) is 19.0. The maximum atomic E-state index is 12.4. The fraction of sp³-hybridized carbons (Fsp3) is 0.190. The molecular formula is C21H19ClN4O3. The van der Waals surface area contributed by atoms with Crippen molar-refractivity contribution in [1.29, 1.82) is 0 Å². The van der Waals surface area contributed by atoms with Crippen molar-refractivity contribution < 1.29 is 14.4 Å². The monoisotopic (exact) mass is 410 g/mol. The van der Waals surface area contributed by atoms with E-state index in [0.717, 1.165) is 16.5 Å². The number of hydrogen-bond acceptors (Lipinski definition) is 3. The lowest BCUT2D eigenvalue weighted by atomic mass is 10.1. The quantitative estimate of drug-likeness (QED) is 0.519. The van der Waals surface area contributed by atoms with Crippen LogP contribution >= 0.6 is 11.6 Å². The van der Waals surface area contributed by atoms with Gasteiger partial charge in [0.2, 0.25) is 11.8 Å². The van der Waals surface area contributed by atoms with Crippen LogP contribution in [-0.2, 0) is 16.0 Å². The molecule has 0 fully saturated rings. The highest BCUT2D eigenvalue weighted by Crippen LogP contribution is 2.22. The van der Waals surface area contributed by atoms with Gasteiger partial charge in [-0.25, -0.2) is 0 Å². The van der Waals surface area contributed by atoms with E-state index in [1.807, 2.05) is 24.4 Å². The lowest BCUT2D eigenvalue weighted by Crippen LogP contribution is -2.44. The van der Waals surface area contributed by atoms with Crippen LogP contribution in [0.4, 0.5) is 5.69 Å². The summed E-state index contributed by atoms with van der Waals surface area (Å²) in [6.45, 7) is 0.404. The number of H-pyrrole nitrogens is 1. The number of rotatable bonds is 5. The van der Waals surface area contributed by atoms with Crippen molar-refractivity contribution in [2.75, 3.05) is 11.9 Å². The van der Waals surface area contributed by atoms with Crippen molar-refractivity contribution in [2.45, 2.75) is 18.9 Å². The summed E-state index contributed by atoms with van der Waals surface area (Å²) in [5.74, 6) is -1.11. The Morgan fingerprint density at radius 1 is 1.14 bits per heavy atom. The zero-order valence-electron chi connectivity index (χ0n) is 15.4. The third-order valence-electron chi connectivity index (χ3n) is 4.89. The molecule has 4 N–H and O–H groups in total. The van der Waals surface area contributed by atoms with E-state index < -0.39 is 11.9 Å². The van der Waals surface area contributed by atoms with Gasteiger partial charge >= 0.3 is 0 Å². The first-order valence-corrected chi connectivity index (χ1v) is 9.62. The van der Waals surface area contributed by atoms with Crippen LogP contribution in [-0.4, -0.2) is 35.3 Å². The third kappa shape index (κ3) is 4.09. The molecule has 2 heterocycles. The molecule has 2 aromatic carbocycles. The van der Waals surface area contributed by atoms with Crippen LogP contribution in [0.3, 0.4) is 0 Å². The summed E-state index contributed by atoms with van der Waals surface area (Å²) in [5, 5.41) is 9.78. The van der Waals surface area contributed by atoms with Crippen molar-refractivity contribution in [1.82, 2.24) is 15.6 Å². The second kappa shape index (κ2) is 7.97. The second-order valence-corrected chi connectivity index (χ2v) is 7.31. The Balaban J connectivity index is 1.34. The van der Waals surface area contributed by atoms with Crippen molar-refractivity contribution >= 4 is 45.9 Å². The number of halogens is 1. The molecule has 3 aromatic rings. The number of fused-ring (bicyclic) bond motifs is 2. The summed E-state index contributed by atoms with van der Waals surface area (Å²) >= 11 is 6.06. The minimum Gasteiger partial charge on any atom is -0.361 e. The van der Waals surface area contributed by atoms with E-state index in [1.165, 1.54) is 0 Å². The Bertz CT molecular complexity index is 1110. The van der Waals surface area contributed by atoms with Gasteiger partial charge in [-0.1, -0.05) is 23.7 Å². The predicted octanol–water partition coefficient (Wildman–Crippen LogP) is 2.62. The SMILES string of the molecule is O=C(C[C@H]1NC(=O)c2ccccc2NC1=O)NCCc1c[nH]c2ccc(Cl)cc12. The second-order valence-electron chi connectivity index (χ2n) is 6.87. The van der Waals surface area contributed by atoms with Gasteiger partial charge in [-0.3, -0.25) is 14.4 Å². The summed E-state index contributed by atoms with van der Waals surface area (Å²) in [6.07, 6.45) is 2.37. The molecule has 1 aromatic heterocycles. The van der Waals surface area contributed by atoms with Crippen LogP contribution in [0.25, 0.3) is 10.9 Å². The standard InChI is InChI=1S/C21H19ClN4O3/c22-13-5-6-16-15(9-13)12(11-24-16)7-8-23-19(27)10-18-21(29)25-17-4-2-1-3-14(17)20(28)26-18/h1-6,9,11,18,24H,7-8,10H2,(H,23,27)(H,25,29)(H,26,28)/t18-/m1/s1. The molecule has 8 heteroatoms. The normalized spacial score (nSPS) is 16.0. The minimum atomic E-state index is -0.929. The van der Waals surface area contributed by atoms with Crippen LogP contribution < -0.4 is 16.0 Å². The van der Waals surface area contributed by atoms with Gasteiger partial charge in [-0.05, 0) is 42.3 Å². The van der Waals surface area contributed by atoms with Crippen LogP contribution in [0.15, 0.2) is 48.7 Å². The summed E-state index contributed by atoms with van der Waals surface area (Å²) in [6, 6.07) is 11.4. The largest absolute Gasteiger partial charge is 0.361 e. The van der Waals surface area contributed by atoms with E-state index in [0.29, 0.717) is 29.2 Å². The number of amides is 3. The first-order valence-electron chi connectivity index (χ1n) is 9.24. The molecule has 1 aliphatic rings. The van der Waals surface area contributed by atoms with Gasteiger partial charge in [0.1, 0.15) is 6.04 Å². The molecule has 1 aliphatic heterocycles. The van der Waals surface area contributed by atoms with E-state index in [4.69, 9.17) is 11.6 Å². The number of aromatic amines is 1. The summed E-state index contributed by atoms with van der Waals surface area (Å²) in [5.41, 5.74) is 2.84. The molecule has 0 unspecified atom stereocenters. The van der Waals surface area contributed by atoms with E-state index in [1.54, 1.807) is 24.3 Å². The lowest BCUT2D eigenvalue weighted by Gasteiger charge is -2.14. The molecule has 0 bridgehead atoms. The molecule has 0 aliphatic carbocycles. The Labute approximate surface area is 171 Å². The molecule has 0 spiro atoms. The van der Waals surface area contributed by atoms with E-state index >= 15 is 0 Å². The van der Waals surface area contributed by atoms with Gasteiger partial charge in [0.15, 0.2) is 0 Å². The zero-order valence-corrected chi connectivity index (χ0v) is 16.2. The molecule has 0 saturated heterocycles. The van der Waals surface area contributed by atoms with Gasteiger partial charge < -0.3 is 20.9 Å². The Morgan fingerprint density at radius 2 is 1.97 bits per heavy atom. The van der Waals surface area contributed by atoms with Crippen LogP contribution in [0.1, 0.15) is 22.3 Å². The van der Waals surface area contributed by atoms with Gasteiger partial charge in [0.05, 0.1) is 17.7 Å². The fourth-order valence-electron chi connectivity index (χ4n) is 3.41. The molecule has 4 rings (SSSR count). The molecule has 3 amide bonds. The molecule has 29 heavy (non-hydrogen) atoms. The van der Waals surface area contributed by atoms with Gasteiger partial charge in [-0.15, -0.1) is 0 Å². The van der Waals surface area contributed by atoms with E-state index in [-0.39, 0.29) is 18.2 Å². The number of aromatic nitrogens is 1. The maximum Gasteiger partial charge on any atom is 0.254 e. The minimum absolute atomic E-state index is 0.134. The van der Waals surface area contributed by atoms with E-state index in [2.05, 4.69) is 20.9 Å². The highest BCUT2D eigenvalue weighted by atomic mass is 35.5. The van der Waals surface area contributed by atoms with Gasteiger partial charge in [0.25, 0.3) is 5.91 Å². The maximum absolute atomic E-state index is 12.4. The molecule has 0 saturated carbocycles. The molecule has 148 valence electrons. The number of benzene rings is 2. The smallest absolute Gasteiger partial charge is 0.254 e. The zero-order chi connectivity index (χ0) is 20.4. The number of carbonyl (C=O) groups excluding carboxylic acids is 3. The summed E-state index contributed by atoms with van der Waals surface area (Å²) in [4.78, 5) is 40.2. The number of carbonyl (C=O) groups is 3. The Morgan fingerprint density at radius 3 is 2.83 bits per heavy atom. The Hall–Kier alpha value is -3.32. The first-order chi connectivity index (χ1) is 14.0. The molecule has 7 nitrogen and oxygen atoms in total. The highest BCUT2D eigenvalue weighted by Gasteiger charge is 2.29. The van der Waals surface area contributed by atoms with Gasteiger partial charge in [0, 0.05) is 28.7 Å². The summed E-state index contributed by atoms with van der Waals surface area (Å²) < 4.78 is 0. The predicted molar refractivity (Wildman–Crippen MR) is 111 cm³/mol. The number of nitrogens with one attached hydrogen (secondary N) is 4. The lowest BCUT2D eigenvalue weighted by molar-refractivity contribution is -0.125. The topological polar surface area (TPSA) is 103 Å². The molecule has 0 radical (unpaired) electrons. The number of hydrogen-bond donors (Lipinski definition) is 4. The van der Waals surface area contributed by atoms with Crippen LogP contribution in [0.5, 0.6) is 0 Å². The molecule has 1 atom stereocenters. The van der Waals surface area contributed by atoms with Crippen molar-refractivity contribution in [3.8, 4) is 0 Å². The van der Waals surface area contributed by atoms with Crippen LogP contribution in [0.2, 0.25) is 5.02 Å². The summed E-state index contributed by atoms with van der Waals surface area (Å²) in [7, 11) is 0. The van der Waals surface area contributed by atoms with Crippen molar-refractivity contribution in [3.05, 3.63) is 64.8 Å². The van der Waals surface area contributed by atoms with E-state index in [9.17, 15) is 14.4 Å². The third-order valence-corrected chi connectivity index (χ3v) is 5.12. The van der Waals surface area contributed by atoms with Crippen LogP contribution in [0, 0.1) is 0 Å². The fourth-order valence-corrected chi connectivity index (χ4v) is 3.58. The number of anilines is 1. The molecular weight excluding hydrogens is 392 g/mol. The highest BCUT2D eigenvalue weighted by molar-refractivity contribution is 6.31.